The average molecular weight is 306 g/mol. The fraction of sp³-hybridized carbons (Fsp3) is 0.294. The third-order valence-electron chi connectivity index (χ3n) is 3.11. The van der Waals surface area contributed by atoms with Crippen molar-refractivity contribution in [3.05, 3.63) is 58.1 Å². The molecule has 0 aliphatic heterocycles. The van der Waals surface area contributed by atoms with Crippen molar-refractivity contribution in [3.63, 3.8) is 0 Å². The summed E-state index contributed by atoms with van der Waals surface area (Å²) in [5, 5.41) is 0.769. The monoisotopic (exact) mass is 305 g/mol. The number of hydrogen-bond acceptors (Lipinski definition) is 2. The summed E-state index contributed by atoms with van der Waals surface area (Å²) in [6.45, 7) is 6.29. The first kappa shape index (κ1) is 15.4. The molecule has 0 amide bonds. The standard InChI is InChI=1S/C17H20ClNS/c1-11-4-6-16(12(2)8-11)20-17-7-5-15(18)10-14(17)9-13(3)19/h4-8,10,13H,9,19H2,1-3H3. The average Bonchev–Trinajstić information content (AvgIpc) is 2.34. The molecule has 0 bridgehead atoms. The first-order chi connectivity index (χ1) is 9.45. The third kappa shape index (κ3) is 4.02. The molecule has 2 N–H and O–H groups in total. The smallest absolute Gasteiger partial charge is 0.0409 e. The van der Waals surface area contributed by atoms with Crippen molar-refractivity contribution in [1.29, 1.82) is 0 Å². The number of nitrogens with two attached hydrogens (primary N) is 1. The van der Waals surface area contributed by atoms with Gasteiger partial charge in [0.2, 0.25) is 0 Å². The molecule has 0 heterocycles. The van der Waals surface area contributed by atoms with Gasteiger partial charge in [0.25, 0.3) is 0 Å². The number of benzene rings is 2. The maximum absolute atomic E-state index is 6.11. The van der Waals surface area contributed by atoms with Crippen molar-refractivity contribution in [2.75, 3.05) is 0 Å². The molecule has 2 rings (SSSR count). The SMILES string of the molecule is Cc1ccc(Sc2ccc(Cl)cc2CC(C)N)c(C)c1. The summed E-state index contributed by atoms with van der Waals surface area (Å²) in [6.07, 6.45) is 0.841. The fourth-order valence-corrected chi connectivity index (χ4v) is 3.38. The first-order valence-corrected chi connectivity index (χ1v) is 7.94. The number of halogens is 1. The predicted octanol–water partition coefficient (Wildman–Crippen LogP) is 5.00. The maximum atomic E-state index is 6.11. The second-order valence-corrected chi connectivity index (χ2v) is 6.82. The van der Waals surface area contributed by atoms with Gasteiger partial charge in [0, 0.05) is 20.9 Å². The van der Waals surface area contributed by atoms with E-state index in [2.05, 4.69) is 38.1 Å². The zero-order valence-corrected chi connectivity index (χ0v) is 13.7. The van der Waals surface area contributed by atoms with E-state index in [1.165, 1.54) is 26.5 Å². The number of aryl methyl sites for hydroxylation is 2. The van der Waals surface area contributed by atoms with Gasteiger partial charge in [0.15, 0.2) is 0 Å². The lowest BCUT2D eigenvalue weighted by atomic mass is 10.1. The second kappa shape index (κ2) is 6.66. The van der Waals surface area contributed by atoms with E-state index < -0.39 is 0 Å². The van der Waals surface area contributed by atoms with E-state index in [1.54, 1.807) is 11.8 Å². The van der Waals surface area contributed by atoms with E-state index in [0.29, 0.717) is 0 Å². The van der Waals surface area contributed by atoms with Crippen LogP contribution in [0.25, 0.3) is 0 Å². The molecule has 3 heteroatoms. The minimum absolute atomic E-state index is 0.131. The zero-order chi connectivity index (χ0) is 14.7. The molecule has 0 aromatic heterocycles. The van der Waals surface area contributed by atoms with E-state index in [4.69, 9.17) is 17.3 Å². The van der Waals surface area contributed by atoms with Crippen LogP contribution >= 0.6 is 23.4 Å². The van der Waals surface area contributed by atoms with Crippen molar-refractivity contribution in [1.82, 2.24) is 0 Å². The Bertz CT molecular complexity index is 608. The van der Waals surface area contributed by atoms with Crippen LogP contribution in [0.4, 0.5) is 0 Å². The molecule has 106 valence electrons. The quantitative estimate of drug-likeness (QED) is 0.860. The van der Waals surface area contributed by atoms with E-state index in [9.17, 15) is 0 Å². The Labute approximate surface area is 130 Å². The molecule has 2 aromatic rings. The van der Waals surface area contributed by atoms with E-state index in [-0.39, 0.29) is 6.04 Å². The summed E-state index contributed by atoms with van der Waals surface area (Å²) in [4.78, 5) is 2.52. The summed E-state index contributed by atoms with van der Waals surface area (Å²) >= 11 is 7.89. The van der Waals surface area contributed by atoms with Gasteiger partial charge in [-0.15, -0.1) is 0 Å². The van der Waals surface area contributed by atoms with Crippen molar-refractivity contribution in [2.24, 2.45) is 5.73 Å². The van der Waals surface area contributed by atoms with Gasteiger partial charge in [-0.2, -0.15) is 0 Å². The van der Waals surface area contributed by atoms with Gasteiger partial charge < -0.3 is 5.73 Å². The Morgan fingerprint density at radius 1 is 1.10 bits per heavy atom. The first-order valence-electron chi connectivity index (χ1n) is 6.75. The van der Waals surface area contributed by atoms with E-state index >= 15 is 0 Å². The summed E-state index contributed by atoms with van der Waals surface area (Å²) < 4.78 is 0. The summed E-state index contributed by atoms with van der Waals surface area (Å²) in [6, 6.07) is 12.7. The van der Waals surface area contributed by atoms with Gasteiger partial charge in [-0.1, -0.05) is 41.1 Å². The third-order valence-corrected chi connectivity index (χ3v) is 4.65. The van der Waals surface area contributed by atoms with Gasteiger partial charge >= 0.3 is 0 Å². The Morgan fingerprint density at radius 2 is 1.80 bits per heavy atom. The minimum Gasteiger partial charge on any atom is -0.328 e. The van der Waals surface area contributed by atoms with Crippen LogP contribution in [0.1, 0.15) is 23.6 Å². The lowest BCUT2D eigenvalue weighted by molar-refractivity contribution is 0.729. The highest BCUT2D eigenvalue weighted by atomic mass is 35.5. The molecule has 0 aliphatic carbocycles. The van der Waals surface area contributed by atoms with Crippen molar-refractivity contribution >= 4 is 23.4 Å². The summed E-state index contributed by atoms with van der Waals surface area (Å²) in [7, 11) is 0. The molecule has 1 unspecified atom stereocenters. The fourth-order valence-electron chi connectivity index (χ4n) is 2.19. The number of hydrogen-bond donors (Lipinski definition) is 1. The summed E-state index contributed by atoms with van der Waals surface area (Å²) in [5.74, 6) is 0. The van der Waals surface area contributed by atoms with Crippen LogP contribution in [0.2, 0.25) is 5.02 Å². The van der Waals surface area contributed by atoms with Gasteiger partial charge in [0.1, 0.15) is 0 Å². The molecule has 2 aromatic carbocycles. The second-order valence-electron chi connectivity index (χ2n) is 5.30. The molecule has 1 atom stereocenters. The van der Waals surface area contributed by atoms with Crippen molar-refractivity contribution in [2.45, 2.75) is 43.0 Å². The van der Waals surface area contributed by atoms with Crippen molar-refractivity contribution < 1.29 is 0 Å². The van der Waals surface area contributed by atoms with Crippen LogP contribution in [-0.2, 0) is 6.42 Å². The highest BCUT2D eigenvalue weighted by molar-refractivity contribution is 7.99. The molecule has 20 heavy (non-hydrogen) atoms. The Kier molecular flexibility index (Phi) is 5.14. The summed E-state index contributed by atoms with van der Waals surface area (Å²) in [5.41, 5.74) is 9.75. The Hall–Kier alpha value is -0.960. The maximum Gasteiger partial charge on any atom is 0.0409 e. The van der Waals surface area contributed by atoms with Crippen LogP contribution in [0.3, 0.4) is 0 Å². The van der Waals surface area contributed by atoms with Gasteiger partial charge in [-0.3, -0.25) is 0 Å². The van der Waals surface area contributed by atoms with Crippen LogP contribution in [0.15, 0.2) is 46.2 Å². The number of rotatable bonds is 4. The van der Waals surface area contributed by atoms with Gasteiger partial charge in [0.05, 0.1) is 0 Å². The van der Waals surface area contributed by atoms with Crippen LogP contribution in [0.5, 0.6) is 0 Å². The molecule has 0 aliphatic rings. The molecule has 0 radical (unpaired) electrons. The predicted molar refractivity (Wildman–Crippen MR) is 88.8 cm³/mol. The van der Waals surface area contributed by atoms with Gasteiger partial charge in [-0.05, 0) is 62.6 Å². The molecular weight excluding hydrogens is 286 g/mol. The topological polar surface area (TPSA) is 26.0 Å². The molecule has 0 saturated carbocycles. The molecule has 0 fully saturated rings. The van der Waals surface area contributed by atoms with E-state index in [1.807, 2.05) is 19.1 Å². The molecule has 0 saturated heterocycles. The Balaban J connectivity index is 2.32. The lowest BCUT2D eigenvalue weighted by Crippen LogP contribution is -2.18. The molecule has 0 spiro atoms. The zero-order valence-electron chi connectivity index (χ0n) is 12.1. The van der Waals surface area contributed by atoms with E-state index in [0.717, 1.165) is 11.4 Å². The highest BCUT2D eigenvalue weighted by Crippen LogP contribution is 2.34. The van der Waals surface area contributed by atoms with Crippen LogP contribution in [-0.4, -0.2) is 6.04 Å². The molecule has 1 nitrogen and oxygen atoms in total. The van der Waals surface area contributed by atoms with Crippen molar-refractivity contribution in [3.8, 4) is 0 Å². The van der Waals surface area contributed by atoms with Crippen LogP contribution < -0.4 is 5.73 Å². The largest absolute Gasteiger partial charge is 0.328 e. The van der Waals surface area contributed by atoms with Crippen LogP contribution in [0, 0.1) is 13.8 Å². The molecular formula is C17H20ClNS. The Morgan fingerprint density at radius 3 is 2.45 bits per heavy atom. The van der Waals surface area contributed by atoms with Gasteiger partial charge in [-0.25, -0.2) is 0 Å². The minimum atomic E-state index is 0.131. The normalized spacial score (nSPS) is 12.4. The lowest BCUT2D eigenvalue weighted by Gasteiger charge is -2.13. The highest BCUT2D eigenvalue weighted by Gasteiger charge is 2.09.